The summed E-state index contributed by atoms with van der Waals surface area (Å²) in [5.74, 6) is 3.24. The summed E-state index contributed by atoms with van der Waals surface area (Å²) in [4.78, 5) is 11.7. The first-order valence-electron chi connectivity index (χ1n) is 4.05. The van der Waals surface area contributed by atoms with Crippen molar-refractivity contribution in [3.8, 4) is 11.5 Å². The van der Waals surface area contributed by atoms with Crippen LogP contribution in [0.1, 0.15) is 12.8 Å². The molecule has 15 heavy (non-hydrogen) atoms. The van der Waals surface area contributed by atoms with Gasteiger partial charge in [-0.1, -0.05) is 0 Å². The van der Waals surface area contributed by atoms with Crippen LogP contribution in [0.25, 0.3) is 0 Å². The summed E-state index contributed by atoms with van der Waals surface area (Å²) in [7, 11) is -0.982. The van der Waals surface area contributed by atoms with Gasteiger partial charge in [-0.15, -0.1) is 0 Å². The number of carboxylic acid groups (broad SMARTS) is 1. The Hall–Kier alpha value is -0.590. The minimum absolute atomic E-state index is 0.247. The number of carboxylic acids is 1. The zero-order valence-corrected chi connectivity index (χ0v) is 9.58. The molecule has 0 aliphatic carbocycles. The van der Waals surface area contributed by atoms with Crippen molar-refractivity contribution < 1.29 is 19.0 Å². The molecule has 8 heteroatoms. The van der Waals surface area contributed by atoms with Crippen molar-refractivity contribution in [2.75, 3.05) is 6.54 Å². The zero-order valence-electron chi connectivity index (χ0n) is 7.79. The molecule has 0 spiro atoms. The molecule has 0 aliphatic rings. The van der Waals surface area contributed by atoms with Gasteiger partial charge in [-0.05, 0) is 0 Å². The van der Waals surface area contributed by atoms with Crippen LogP contribution in [0.5, 0.6) is 0 Å². The predicted molar refractivity (Wildman–Crippen MR) is 54.5 cm³/mol. The Morgan fingerprint density at radius 3 is 2.27 bits per heavy atom. The van der Waals surface area contributed by atoms with E-state index in [9.17, 15) is 13.9 Å². The molecule has 0 saturated heterocycles. The molecule has 0 unspecified atom stereocenters. The summed E-state index contributed by atoms with van der Waals surface area (Å²) in [6, 6.07) is -0.989. The van der Waals surface area contributed by atoms with E-state index in [1.807, 2.05) is 0 Å². The van der Waals surface area contributed by atoms with Gasteiger partial charge in [0, 0.05) is 0 Å². The second-order valence-corrected chi connectivity index (χ2v) is 3.30. The third-order valence-electron chi connectivity index (χ3n) is 1.58. The first-order chi connectivity index (χ1) is 7.17. The van der Waals surface area contributed by atoms with Crippen LogP contribution >= 0.6 is 15.8 Å². The molecule has 1 atom stereocenters. The summed E-state index contributed by atoms with van der Waals surface area (Å²) < 4.78 is 20.5. The van der Waals surface area contributed by atoms with E-state index in [0.29, 0.717) is 13.0 Å². The van der Waals surface area contributed by atoms with Gasteiger partial charge < -0.3 is 0 Å². The molecular weight excluding hydrogens is 238 g/mol. The average Bonchev–Trinajstić information content (AvgIpc) is 2.18. The molecule has 82 valence electrons. The Labute approximate surface area is 89.1 Å². The van der Waals surface area contributed by atoms with Crippen LogP contribution in [0.2, 0.25) is 0 Å². The van der Waals surface area contributed by atoms with Gasteiger partial charge in [-0.25, -0.2) is 0 Å². The molecule has 0 aromatic rings. The molecule has 0 saturated carbocycles. The quantitative estimate of drug-likeness (QED) is 0.553. The van der Waals surface area contributed by atoms with Crippen molar-refractivity contribution in [2.45, 2.75) is 18.9 Å². The van der Waals surface area contributed by atoms with E-state index in [4.69, 9.17) is 10.8 Å². The number of hydrogen-bond acceptors (Lipinski definition) is 5. The molecule has 0 bridgehead atoms. The number of nitrogens with two attached hydrogens (primary N) is 1. The normalized spacial score (nSPS) is 11.3. The molecular formula is C7H10N2O4P2. The minimum atomic E-state index is -1.13. The van der Waals surface area contributed by atoms with E-state index < -0.39 is 27.8 Å². The SMILES string of the molecule is NCCC[C@@H](C(=O)O)N(C#P=O)C#P=O. The van der Waals surface area contributed by atoms with Crippen molar-refractivity contribution in [2.24, 2.45) is 5.73 Å². The molecule has 0 aliphatic heterocycles. The topological polar surface area (TPSA) is 101 Å². The number of hydrogen-bond donors (Lipinski definition) is 2. The van der Waals surface area contributed by atoms with Crippen LogP contribution in [-0.2, 0) is 13.9 Å². The van der Waals surface area contributed by atoms with Crippen molar-refractivity contribution in [1.82, 2.24) is 4.90 Å². The fourth-order valence-electron chi connectivity index (χ4n) is 0.924. The van der Waals surface area contributed by atoms with Crippen LogP contribution < -0.4 is 5.73 Å². The molecule has 0 amide bonds. The molecule has 0 rings (SSSR count). The molecule has 0 aromatic carbocycles. The van der Waals surface area contributed by atoms with Crippen molar-refractivity contribution in [1.29, 1.82) is 0 Å². The summed E-state index contributed by atoms with van der Waals surface area (Å²) in [6.07, 6.45) is 0.735. The van der Waals surface area contributed by atoms with Gasteiger partial charge in [0.2, 0.25) is 0 Å². The van der Waals surface area contributed by atoms with E-state index in [-0.39, 0.29) is 6.42 Å². The summed E-state index contributed by atoms with van der Waals surface area (Å²) >= 11 is 0. The molecule has 6 nitrogen and oxygen atoms in total. The molecule has 0 heterocycles. The van der Waals surface area contributed by atoms with E-state index in [2.05, 4.69) is 11.5 Å². The third-order valence-corrected chi connectivity index (χ3v) is 2.17. The Morgan fingerprint density at radius 2 is 1.93 bits per heavy atom. The maximum atomic E-state index is 10.8. The number of rotatable bonds is 5. The van der Waals surface area contributed by atoms with Crippen LogP contribution in [-0.4, -0.2) is 28.6 Å². The van der Waals surface area contributed by atoms with E-state index >= 15 is 0 Å². The average molecular weight is 248 g/mol. The summed E-state index contributed by atoms with van der Waals surface area (Å²) in [6.45, 7) is 0.349. The van der Waals surface area contributed by atoms with Crippen LogP contribution in [0.3, 0.4) is 0 Å². The van der Waals surface area contributed by atoms with Crippen molar-refractivity contribution >= 4 is 21.8 Å². The van der Waals surface area contributed by atoms with Crippen molar-refractivity contribution in [3.05, 3.63) is 0 Å². The monoisotopic (exact) mass is 248 g/mol. The molecule has 0 aromatic heterocycles. The number of carbonyl (C=O) groups is 1. The first-order valence-corrected chi connectivity index (χ1v) is 5.68. The second kappa shape index (κ2) is 8.70. The van der Waals surface area contributed by atoms with Crippen LogP contribution in [0, 0.1) is 11.5 Å². The van der Waals surface area contributed by atoms with Gasteiger partial charge in [0.05, 0.1) is 0 Å². The van der Waals surface area contributed by atoms with Gasteiger partial charge in [0.1, 0.15) is 0 Å². The van der Waals surface area contributed by atoms with E-state index in [0.717, 1.165) is 4.90 Å². The fourth-order valence-corrected chi connectivity index (χ4v) is 1.56. The Bertz CT molecular complexity index is 384. The fraction of sp³-hybridized carbons (Fsp3) is 0.571. The summed E-state index contributed by atoms with van der Waals surface area (Å²) in [5.41, 5.74) is 5.25. The summed E-state index contributed by atoms with van der Waals surface area (Å²) in [5, 5.41) is 8.85. The van der Waals surface area contributed by atoms with Gasteiger partial charge in [0.15, 0.2) is 0 Å². The molecule has 0 fully saturated rings. The van der Waals surface area contributed by atoms with E-state index in [1.54, 1.807) is 0 Å². The molecule has 3 N–H and O–H groups in total. The first kappa shape index (κ1) is 14.4. The van der Waals surface area contributed by atoms with Crippen LogP contribution in [0.4, 0.5) is 0 Å². The Kier molecular flexibility index (Phi) is 8.35. The number of aliphatic carboxylic acids is 1. The van der Waals surface area contributed by atoms with Gasteiger partial charge in [-0.3, -0.25) is 0 Å². The predicted octanol–water partition coefficient (Wildman–Crippen LogP) is 0.897. The van der Waals surface area contributed by atoms with Gasteiger partial charge >= 0.3 is 88.4 Å². The van der Waals surface area contributed by atoms with E-state index in [1.165, 1.54) is 0 Å². The standard InChI is InChI=1S/C7H10N2O4P2/c8-3-1-2-6(7(10)11)9(4-14-12)5-15-13/h6H,1-3,8H2,(H,10,11)/t6-/m0/s1. The second-order valence-electron chi connectivity index (χ2n) is 2.54. The zero-order chi connectivity index (χ0) is 11.7. The third kappa shape index (κ3) is 5.76. The Balaban J connectivity index is 4.85. The van der Waals surface area contributed by atoms with Crippen LogP contribution in [0.15, 0.2) is 0 Å². The maximum absolute atomic E-state index is 10.8. The number of nitrogens with zero attached hydrogens (tertiary/aromatic N) is 1. The Morgan fingerprint density at radius 1 is 1.40 bits per heavy atom. The van der Waals surface area contributed by atoms with Gasteiger partial charge in [0.25, 0.3) is 0 Å². The molecule has 0 radical (unpaired) electrons. The van der Waals surface area contributed by atoms with Crippen molar-refractivity contribution in [3.63, 3.8) is 0 Å². The van der Waals surface area contributed by atoms with Gasteiger partial charge in [-0.2, -0.15) is 0 Å².